The molecule has 1 N–H and O–H groups in total. The standard InChI is InChI=1S/C4H7Br2NO/c5-1-2-7-4(8)3-6/h1-3H2,(H,7,8). The van der Waals surface area contributed by atoms with Gasteiger partial charge in [-0.25, -0.2) is 0 Å². The van der Waals surface area contributed by atoms with E-state index in [1.165, 1.54) is 0 Å². The Morgan fingerprint density at radius 3 is 2.50 bits per heavy atom. The highest BCUT2D eigenvalue weighted by molar-refractivity contribution is 9.09. The third-order valence-corrected chi connectivity index (χ3v) is 1.44. The number of carbonyl (C=O) groups is 1. The highest BCUT2D eigenvalue weighted by Crippen LogP contribution is 1.79. The lowest BCUT2D eigenvalue weighted by molar-refractivity contribution is -0.118. The van der Waals surface area contributed by atoms with E-state index in [1.54, 1.807) is 0 Å². The maximum absolute atomic E-state index is 10.4. The van der Waals surface area contributed by atoms with Crippen LogP contribution < -0.4 is 5.32 Å². The quantitative estimate of drug-likeness (QED) is 0.735. The van der Waals surface area contributed by atoms with Gasteiger partial charge in [0.1, 0.15) is 0 Å². The molecule has 0 atom stereocenters. The van der Waals surface area contributed by atoms with Gasteiger partial charge in [-0.1, -0.05) is 31.9 Å². The number of hydrogen-bond acceptors (Lipinski definition) is 1. The third-order valence-electron chi connectivity index (χ3n) is 0.538. The molecule has 0 aliphatic rings. The van der Waals surface area contributed by atoms with Crippen molar-refractivity contribution in [3.8, 4) is 0 Å². The zero-order chi connectivity index (χ0) is 6.41. The van der Waals surface area contributed by atoms with E-state index in [9.17, 15) is 4.79 Å². The summed E-state index contributed by atoms with van der Waals surface area (Å²) in [5, 5.41) is 3.85. The molecule has 0 spiro atoms. The molecule has 2 nitrogen and oxygen atoms in total. The fourth-order valence-corrected chi connectivity index (χ4v) is 0.630. The highest BCUT2D eigenvalue weighted by atomic mass is 79.9. The highest BCUT2D eigenvalue weighted by Gasteiger charge is 1.92. The Hall–Kier alpha value is 0.430. The van der Waals surface area contributed by atoms with Crippen LogP contribution in [0, 0.1) is 0 Å². The molecule has 8 heavy (non-hydrogen) atoms. The first-order valence-electron chi connectivity index (χ1n) is 2.20. The zero-order valence-corrected chi connectivity index (χ0v) is 7.46. The van der Waals surface area contributed by atoms with Gasteiger partial charge in [0.25, 0.3) is 0 Å². The molecule has 0 aromatic carbocycles. The average molecular weight is 245 g/mol. The number of nitrogens with one attached hydrogen (secondary N) is 1. The lowest BCUT2D eigenvalue weighted by Gasteiger charge is -1.95. The molecule has 0 aromatic heterocycles. The summed E-state index contributed by atoms with van der Waals surface area (Å²) >= 11 is 6.19. The molecule has 0 saturated heterocycles. The number of carbonyl (C=O) groups excluding carboxylic acids is 1. The molecule has 0 rings (SSSR count). The second-order valence-electron chi connectivity index (χ2n) is 1.17. The zero-order valence-electron chi connectivity index (χ0n) is 4.29. The molecule has 1 amide bonds. The van der Waals surface area contributed by atoms with Crippen molar-refractivity contribution >= 4 is 37.8 Å². The number of rotatable bonds is 3. The second kappa shape index (κ2) is 5.56. The smallest absolute Gasteiger partial charge is 0.230 e. The van der Waals surface area contributed by atoms with Gasteiger partial charge in [-0.2, -0.15) is 0 Å². The first-order valence-corrected chi connectivity index (χ1v) is 4.44. The Bertz CT molecular complexity index is 76.4. The summed E-state index contributed by atoms with van der Waals surface area (Å²) in [6.45, 7) is 0.699. The maximum atomic E-state index is 10.4. The van der Waals surface area contributed by atoms with Crippen molar-refractivity contribution in [1.82, 2.24) is 5.32 Å². The molecule has 0 bridgehead atoms. The van der Waals surface area contributed by atoms with Crippen LogP contribution in [-0.4, -0.2) is 23.1 Å². The van der Waals surface area contributed by atoms with E-state index in [1.807, 2.05) is 0 Å². The van der Waals surface area contributed by atoms with Crippen molar-refractivity contribution in [2.75, 3.05) is 17.2 Å². The van der Waals surface area contributed by atoms with Crippen LogP contribution in [0.25, 0.3) is 0 Å². The van der Waals surface area contributed by atoms with Crippen LogP contribution in [0.1, 0.15) is 0 Å². The molecule has 0 saturated carbocycles. The van der Waals surface area contributed by atoms with E-state index in [4.69, 9.17) is 0 Å². The number of halogens is 2. The van der Waals surface area contributed by atoms with Crippen LogP contribution in [0.5, 0.6) is 0 Å². The van der Waals surface area contributed by atoms with Crippen LogP contribution in [0.2, 0.25) is 0 Å². The molecule has 0 fully saturated rings. The first kappa shape index (κ1) is 8.43. The minimum Gasteiger partial charge on any atom is -0.355 e. The second-order valence-corrected chi connectivity index (χ2v) is 2.53. The number of hydrogen-bond donors (Lipinski definition) is 1. The predicted octanol–water partition coefficient (Wildman–Crippen LogP) is 0.892. The van der Waals surface area contributed by atoms with Gasteiger partial charge >= 0.3 is 0 Å². The molecule has 48 valence electrons. The van der Waals surface area contributed by atoms with Crippen molar-refractivity contribution in [3.05, 3.63) is 0 Å². The summed E-state index contributed by atoms with van der Waals surface area (Å²) in [5.41, 5.74) is 0. The normalized spacial score (nSPS) is 8.75. The fraction of sp³-hybridized carbons (Fsp3) is 0.750. The molecular weight excluding hydrogens is 238 g/mol. The summed E-state index contributed by atoms with van der Waals surface area (Å²) in [6, 6.07) is 0. The number of alkyl halides is 2. The summed E-state index contributed by atoms with van der Waals surface area (Å²) in [7, 11) is 0. The Morgan fingerprint density at radius 2 is 2.12 bits per heavy atom. The summed E-state index contributed by atoms with van der Waals surface area (Å²) < 4.78 is 0. The van der Waals surface area contributed by atoms with Gasteiger partial charge in [-0.15, -0.1) is 0 Å². The van der Waals surface area contributed by atoms with Crippen LogP contribution >= 0.6 is 31.9 Å². The van der Waals surface area contributed by atoms with Gasteiger partial charge in [0.2, 0.25) is 5.91 Å². The van der Waals surface area contributed by atoms with Gasteiger partial charge in [-0.05, 0) is 0 Å². The topological polar surface area (TPSA) is 29.1 Å². The Labute approximate surface area is 65.3 Å². The van der Waals surface area contributed by atoms with Crippen molar-refractivity contribution in [3.63, 3.8) is 0 Å². The van der Waals surface area contributed by atoms with E-state index in [0.717, 1.165) is 5.33 Å². The first-order chi connectivity index (χ1) is 3.81. The van der Waals surface area contributed by atoms with Gasteiger partial charge in [0.05, 0.1) is 5.33 Å². The van der Waals surface area contributed by atoms with E-state index in [0.29, 0.717) is 11.9 Å². The Kier molecular flexibility index (Phi) is 5.86. The molecule has 0 radical (unpaired) electrons. The Balaban J connectivity index is 2.99. The van der Waals surface area contributed by atoms with Crippen LogP contribution in [-0.2, 0) is 4.79 Å². The van der Waals surface area contributed by atoms with Gasteiger partial charge in [0.15, 0.2) is 0 Å². The molecule has 0 aromatic rings. The molecule has 0 aliphatic heterocycles. The third kappa shape index (κ3) is 4.59. The SMILES string of the molecule is O=C(CBr)NCCBr. The monoisotopic (exact) mass is 243 g/mol. The predicted molar refractivity (Wildman–Crippen MR) is 40.6 cm³/mol. The van der Waals surface area contributed by atoms with Crippen molar-refractivity contribution < 1.29 is 4.79 Å². The van der Waals surface area contributed by atoms with Gasteiger partial charge < -0.3 is 5.32 Å². The molecule has 4 heteroatoms. The molecule has 0 heterocycles. The summed E-state index contributed by atoms with van der Waals surface area (Å²) in [6.07, 6.45) is 0. The van der Waals surface area contributed by atoms with Gasteiger partial charge in [0, 0.05) is 11.9 Å². The van der Waals surface area contributed by atoms with Crippen LogP contribution in [0.3, 0.4) is 0 Å². The van der Waals surface area contributed by atoms with E-state index in [-0.39, 0.29) is 5.91 Å². The lowest BCUT2D eigenvalue weighted by atomic mass is 10.6. The maximum Gasteiger partial charge on any atom is 0.230 e. The lowest BCUT2D eigenvalue weighted by Crippen LogP contribution is -2.25. The Morgan fingerprint density at radius 1 is 1.50 bits per heavy atom. The van der Waals surface area contributed by atoms with E-state index >= 15 is 0 Å². The van der Waals surface area contributed by atoms with E-state index in [2.05, 4.69) is 37.2 Å². The largest absolute Gasteiger partial charge is 0.355 e. The summed E-state index contributed by atoms with van der Waals surface area (Å²) in [4.78, 5) is 10.4. The fourth-order valence-electron chi connectivity index (χ4n) is 0.234. The van der Waals surface area contributed by atoms with Crippen molar-refractivity contribution in [2.24, 2.45) is 0 Å². The minimum absolute atomic E-state index is 0.0319. The summed E-state index contributed by atoms with van der Waals surface area (Å²) in [5.74, 6) is 0.0319. The van der Waals surface area contributed by atoms with Crippen LogP contribution in [0.15, 0.2) is 0 Å². The molecular formula is C4H7Br2NO. The van der Waals surface area contributed by atoms with Crippen LogP contribution in [0.4, 0.5) is 0 Å². The average Bonchev–Trinajstić information content (AvgIpc) is 1.83. The molecule has 0 aliphatic carbocycles. The van der Waals surface area contributed by atoms with Crippen molar-refractivity contribution in [2.45, 2.75) is 0 Å². The van der Waals surface area contributed by atoms with Gasteiger partial charge in [-0.3, -0.25) is 4.79 Å². The molecule has 0 unspecified atom stereocenters. The number of amides is 1. The van der Waals surface area contributed by atoms with Crippen molar-refractivity contribution in [1.29, 1.82) is 0 Å². The minimum atomic E-state index is 0.0319. The van der Waals surface area contributed by atoms with E-state index < -0.39 is 0 Å².